The Hall–Kier alpha value is -2.37. The molecule has 1 aromatic carbocycles. The molecule has 2 N–H and O–H groups in total. The number of aromatic nitrogens is 2. The molecule has 0 radical (unpaired) electrons. The van der Waals surface area contributed by atoms with Crippen LogP contribution in [0.25, 0.3) is 0 Å². The molecule has 0 saturated heterocycles. The van der Waals surface area contributed by atoms with Gasteiger partial charge in [-0.1, -0.05) is 12.1 Å². The van der Waals surface area contributed by atoms with E-state index in [4.69, 9.17) is 5.73 Å². The molecular formula is C11H12N4O2. The van der Waals surface area contributed by atoms with Gasteiger partial charge >= 0.3 is 0 Å². The Morgan fingerprint density at radius 3 is 2.82 bits per heavy atom. The standard InChI is InChI=1S/C11H12N4O2/c1-8-5-6-14(13-8)7-9-3-2-4-10(11(9)12)15(16)17/h2-6H,7,12H2,1H3. The molecule has 17 heavy (non-hydrogen) atoms. The summed E-state index contributed by atoms with van der Waals surface area (Å²) in [5.74, 6) is 0. The number of benzene rings is 1. The summed E-state index contributed by atoms with van der Waals surface area (Å²) in [5, 5.41) is 14.9. The fourth-order valence-electron chi connectivity index (χ4n) is 1.62. The minimum atomic E-state index is -0.479. The molecule has 0 aliphatic heterocycles. The van der Waals surface area contributed by atoms with E-state index < -0.39 is 4.92 Å². The molecule has 0 bridgehead atoms. The fourth-order valence-corrected chi connectivity index (χ4v) is 1.62. The zero-order valence-corrected chi connectivity index (χ0v) is 9.33. The highest BCUT2D eigenvalue weighted by molar-refractivity contribution is 5.62. The number of nitro groups is 1. The SMILES string of the molecule is Cc1ccn(Cc2cccc([N+](=O)[O-])c2N)n1. The van der Waals surface area contributed by atoms with Crippen LogP contribution in [-0.4, -0.2) is 14.7 Å². The van der Waals surface area contributed by atoms with Crippen LogP contribution in [0.5, 0.6) is 0 Å². The lowest BCUT2D eigenvalue weighted by Gasteiger charge is -2.06. The van der Waals surface area contributed by atoms with Gasteiger partial charge in [0.2, 0.25) is 0 Å². The summed E-state index contributed by atoms with van der Waals surface area (Å²) in [6.07, 6.45) is 1.81. The highest BCUT2D eigenvalue weighted by Gasteiger charge is 2.14. The molecule has 88 valence electrons. The normalized spacial score (nSPS) is 10.4. The van der Waals surface area contributed by atoms with Crippen molar-refractivity contribution in [2.75, 3.05) is 5.73 Å². The lowest BCUT2D eigenvalue weighted by molar-refractivity contribution is -0.383. The number of nitrogen functional groups attached to an aromatic ring is 1. The smallest absolute Gasteiger partial charge is 0.292 e. The van der Waals surface area contributed by atoms with Crippen molar-refractivity contribution < 1.29 is 4.92 Å². The van der Waals surface area contributed by atoms with Crippen LogP contribution < -0.4 is 5.73 Å². The van der Waals surface area contributed by atoms with Gasteiger partial charge in [0.1, 0.15) is 5.69 Å². The Bertz CT molecular complexity index is 562. The first kappa shape index (κ1) is 11.1. The lowest BCUT2D eigenvalue weighted by atomic mass is 10.1. The lowest BCUT2D eigenvalue weighted by Crippen LogP contribution is -2.05. The minimum absolute atomic E-state index is 0.0635. The molecule has 0 atom stereocenters. The van der Waals surface area contributed by atoms with Crippen molar-refractivity contribution in [3.8, 4) is 0 Å². The Balaban J connectivity index is 2.33. The van der Waals surface area contributed by atoms with Crippen LogP contribution in [0.1, 0.15) is 11.3 Å². The van der Waals surface area contributed by atoms with E-state index in [0.717, 1.165) is 5.69 Å². The number of para-hydroxylation sites is 1. The number of anilines is 1. The van der Waals surface area contributed by atoms with Gasteiger partial charge in [-0.15, -0.1) is 0 Å². The highest BCUT2D eigenvalue weighted by Crippen LogP contribution is 2.25. The van der Waals surface area contributed by atoms with Crippen LogP contribution in [0, 0.1) is 17.0 Å². The van der Waals surface area contributed by atoms with E-state index in [-0.39, 0.29) is 11.4 Å². The van der Waals surface area contributed by atoms with Gasteiger partial charge in [-0.3, -0.25) is 14.8 Å². The molecule has 0 amide bonds. The van der Waals surface area contributed by atoms with E-state index in [1.54, 1.807) is 16.8 Å². The maximum absolute atomic E-state index is 10.7. The van der Waals surface area contributed by atoms with E-state index in [9.17, 15) is 10.1 Å². The molecule has 0 saturated carbocycles. The van der Waals surface area contributed by atoms with Crippen molar-refractivity contribution >= 4 is 11.4 Å². The average molecular weight is 232 g/mol. The van der Waals surface area contributed by atoms with E-state index in [2.05, 4.69) is 5.10 Å². The second-order valence-electron chi connectivity index (χ2n) is 3.76. The number of nitro benzene ring substituents is 1. The summed E-state index contributed by atoms with van der Waals surface area (Å²) >= 11 is 0. The molecule has 0 unspecified atom stereocenters. The van der Waals surface area contributed by atoms with Crippen molar-refractivity contribution in [1.29, 1.82) is 0 Å². The van der Waals surface area contributed by atoms with Crippen molar-refractivity contribution in [3.63, 3.8) is 0 Å². The number of nitrogens with two attached hydrogens (primary N) is 1. The van der Waals surface area contributed by atoms with Crippen molar-refractivity contribution in [2.24, 2.45) is 0 Å². The fraction of sp³-hybridized carbons (Fsp3) is 0.182. The zero-order valence-electron chi connectivity index (χ0n) is 9.33. The third kappa shape index (κ3) is 2.25. The molecule has 1 aromatic heterocycles. The summed E-state index contributed by atoms with van der Waals surface area (Å²) in [7, 11) is 0. The van der Waals surface area contributed by atoms with Gasteiger partial charge in [-0.2, -0.15) is 5.10 Å². The van der Waals surface area contributed by atoms with Crippen LogP contribution in [-0.2, 0) is 6.54 Å². The summed E-state index contributed by atoms with van der Waals surface area (Å²) in [5.41, 5.74) is 7.49. The van der Waals surface area contributed by atoms with Crippen LogP contribution in [0.15, 0.2) is 30.5 Å². The third-order valence-corrected chi connectivity index (χ3v) is 2.48. The predicted molar refractivity (Wildman–Crippen MR) is 63.6 cm³/mol. The second kappa shape index (κ2) is 4.25. The summed E-state index contributed by atoms with van der Waals surface area (Å²) in [4.78, 5) is 10.3. The van der Waals surface area contributed by atoms with E-state index >= 15 is 0 Å². The maximum Gasteiger partial charge on any atom is 0.292 e. The van der Waals surface area contributed by atoms with Crippen molar-refractivity contribution in [1.82, 2.24) is 9.78 Å². The average Bonchev–Trinajstić information content (AvgIpc) is 2.67. The van der Waals surface area contributed by atoms with Gasteiger partial charge in [0.25, 0.3) is 5.69 Å². The van der Waals surface area contributed by atoms with Crippen molar-refractivity contribution in [3.05, 3.63) is 51.8 Å². The second-order valence-corrected chi connectivity index (χ2v) is 3.76. The quantitative estimate of drug-likeness (QED) is 0.496. The predicted octanol–water partition coefficient (Wildman–Crippen LogP) is 1.73. The minimum Gasteiger partial charge on any atom is -0.393 e. The van der Waals surface area contributed by atoms with Gasteiger partial charge < -0.3 is 5.73 Å². The van der Waals surface area contributed by atoms with Crippen LogP contribution in [0.2, 0.25) is 0 Å². The number of rotatable bonds is 3. The zero-order chi connectivity index (χ0) is 12.4. The summed E-state index contributed by atoms with van der Waals surface area (Å²) in [6, 6.07) is 6.65. The summed E-state index contributed by atoms with van der Waals surface area (Å²) in [6.45, 7) is 2.31. The van der Waals surface area contributed by atoms with Gasteiger partial charge in [0.05, 0.1) is 17.2 Å². The molecular weight excluding hydrogens is 220 g/mol. The van der Waals surface area contributed by atoms with E-state index in [0.29, 0.717) is 12.1 Å². The van der Waals surface area contributed by atoms with E-state index in [1.807, 2.05) is 19.2 Å². The first-order chi connectivity index (χ1) is 8.08. The molecule has 6 nitrogen and oxygen atoms in total. The molecule has 2 aromatic rings. The molecule has 1 heterocycles. The first-order valence-electron chi connectivity index (χ1n) is 5.10. The molecule has 0 aliphatic rings. The van der Waals surface area contributed by atoms with Gasteiger partial charge in [-0.05, 0) is 13.0 Å². The molecule has 0 aliphatic carbocycles. The molecule has 0 spiro atoms. The van der Waals surface area contributed by atoms with Gasteiger partial charge in [0, 0.05) is 17.8 Å². The third-order valence-electron chi connectivity index (χ3n) is 2.48. The Morgan fingerprint density at radius 2 is 2.24 bits per heavy atom. The first-order valence-corrected chi connectivity index (χ1v) is 5.10. The Kier molecular flexibility index (Phi) is 2.78. The van der Waals surface area contributed by atoms with Gasteiger partial charge in [0.15, 0.2) is 0 Å². The number of hydrogen-bond acceptors (Lipinski definition) is 4. The number of aryl methyl sites for hydroxylation is 1. The van der Waals surface area contributed by atoms with E-state index in [1.165, 1.54) is 6.07 Å². The Morgan fingerprint density at radius 1 is 1.47 bits per heavy atom. The Labute approximate surface area is 97.8 Å². The maximum atomic E-state index is 10.7. The summed E-state index contributed by atoms with van der Waals surface area (Å²) < 4.78 is 1.70. The number of nitrogens with zero attached hydrogens (tertiary/aromatic N) is 3. The van der Waals surface area contributed by atoms with Crippen LogP contribution >= 0.6 is 0 Å². The molecule has 2 rings (SSSR count). The molecule has 0 fully saturated rings. The highest BCUT2D eigenvalue weighted by atomic mass is 16.6. The number of hydrogen-bond donors (Lipinski definition) is 1. The van der Waals surface area contributed by atoms with Gasteiger partial charge in [-0.25, -0.2) is 0 Å². The topological polar surface area (TPSA) is 87.0 Å². The van der Waals surface area contributed by atoms with Crippen LogP contribution in [0.3, 0.4) is 0 Å². The molecule has 6 heteroatoms. The monoisotopic (exact) mass is 232 g/mol. The van der Waals surface area contributed by atoms with Crippen molar-refractivity contribution in [2.45, 2.75) is 13.5 Å². The van der Waals surface area contributed by atoms with Crippen LogP contribution in [0.4, 0.5) is 11.4 Å². The largest absolute Gasteiger partial charge is 0.393 e.